The quantitative estimate of drug-likeness (QED) is 0.790. The van der Waals surface area contributed by atoms with Crippen LogP contribution in [0.5, 0.6) is 5.75 Å². The summed E-state index contributed by atoms with van der Waals surface area (Å²) in [5, 5.41) is 0. The minimum Gasteiger partial charge on any atom is -0.482 e. The van der Waals surface area contributed by atoms with E-state index in [0.29, 0.717) is 6.54 Å². The fraction of sp³-hybridized carbons (Fsp3) is 0.176. The van der Waals surface area contributed by atoms with Gasteiger partial charge < -0.3 is 14.6 Å². The molecule has 1 amide bonds. The molecular formula is C17H15N3O2. The summed E-state index contributed by atoms with van der Waals surface area (Å²) in [5.41, 5.74) is 3.66. The van der Waals surface area contributed by atoms with E-state index in [1.54, 1.807) is 4.90 Å². The highest BCUT2D eigenvalue weighted by Gasteiger charge is 2.24. The van der Waals surface area contributed by atoms with Crippen molar-refractivity contribution in [2.75, 3.05) is 18.1 Å². The summed E-state index contributed by atoms with van der Waals surface area (Å²) in [6, 6.07) is 13.7. The van der Waals surface area contributed by atoms with Crippen LogP contribution in [0.3, 0.4) is 0 Å². The minimum atomic E-state index is -0.0169. The van der Waals surface area contributed by atoms with Crippen LogP contribution < -0.4 is 9.64 Å². The number of para-hydroxylation sites is 2. The number of fused-ring (bicyclic) bond motifs is 2. The molecule has 0 bridgehead atoms. The second-order valence-electron chi connectivity index (χ2n) is 5.21. The van der Waals surface area contributed by atoms with Gasteiger partial charge in [-0.2, -0.15) is 0 Å². The van der Waals surface area contributed by atoms with Crippen molar-refractivity contribution in [3.8, 4) is 17.1 Å². The van der Waals surface area contributed by atoms with Gasteiger partial charge in [-0.15, -0.1) is 0 Å². The van der Waals surface area contributed by atoms with E-state index in [0.717, 1.165) is 33.9 Å². The van der Waals surface area contributed by atoms with E-state index in [1.807, 2.05) is 49.4 Å². The van der Waals surface area contributed by atoms with Crippen molar-refractivity contribution < 1.29 is 9.53 Å². The highest BCUT2D eigenvalue weighted by atomic mass is 16.5. The Hall–Kier alpha value is -2.82. The average Bonchev–Trinajstić information content (AvgIpc) is 2.98. The normalized spacial score (nSPS) is 14.0. The largest absolute Gasteiger partial charge is 0.482 e. The second kappa shape index (κ2) is 4.87. The predicted octanol–water partition coefficient (Wildman–Crippen LogP) is 2.98. The number of nitrogens with zero attached hydrogens (tertiary/aromatic N) is 2. The van der Waals surface area contributed by atoms with Crippen molar-refractivity contribution in [2.24, 2.45) is 0 Å². The molecule has 0 spiro atoms. The third-order valence-electron chi connectivity index (χ3n) is 3.88. The Labute approximate surface area is 127 Å². The molecule has 22 heavy (non-hydrogen) atoms. The van der Waals surface area contributed by atoms with Crippen LogP contribution in [0.25, 0.3) is 22.4 Å². The Morgan fingerprint density at radius 3 is 2.95 bits per heavy atom. The second-order valence-corrected chi connectivity index (χ2v) is 5.21. The van der Waals surface area contributed by atoms with Gasteiger partial charge in [0.2, 0.25) is 0 Å². The molecule has 0 radical (unpaired) electrons. The van der Waals surface area contributed by atoms with Gasteiger partial charge in [0.15, 0.2) is 6.61 Å². The number of carbonyl (C=O) groups excluding carboxylic acids is 1. The summed E-state index contributed by atoms with van der Waals surface area (Å²) in [5.74, 6) is 1.51. The molecule has 1 aliphatic heterocycles. The average molecular weight is 293 g/mol. The number of imidazole rings is 1. The van der Waals surface area contributed by atoms with Gasteiger partial charge in [0.05, 0.1) is 16.7 Å². The monoisotopic (exact) mass is 293 g/mol. The molecule has 4 rings (SSSR count). The molecule has 1 aliphatic rings. The summed E-state index contributed by atoms with van der Waals surface area (Å²) < 4.78 is 5.50. The maximum Gasteiger partial charge on any atom is 0.265 e. The molecule has 2 heterocycles. The Bertz CT molecular complexity index is 836. The third kappa shape index (κ3) is 1.94. The van der Waals surface area contributed by atoms with Crippen molar-refractivity contribution in [2.45, 2.75) is 6.92 Å². The third-order valence-corrected chi connectivity index (χ3v) is 3.88. The maximum absolute atomic E-state index is 12.0. The molecule has 5 heteroatoms. The number of anilines is 1. The first-order chi connectivity index (χ1) is 10.8. The number of benzene rings is 2. The van der Waals surface area contributed by atoms with E-state index in [9.17, 15) is 4.79 Å². The Balaban J connectivity index is 1.83. The zero-order valence-electron chi connectivity index (χ0n) is 12.2. The molecule has 0 saturated heterocycles. The molecule has 0 aliphatic carbocycles. The first-order valence-electron chi connectivity index (χ1n) is 7.28. The minimum absolute atomic E-state index is 0.0169. The number of aromatic nitrogens is 2. The van der Waals surface area contributed by atoms with Gasteiger partial charge in [0.1, 0.15) is 11.6 Å². The van der Waals surface area contributed by atoms with E-state index in [4.69, 9.17) is 4.74 Å². The molecule has 1 N–H and O–H groups in total. The van der Waals surface area contributed by atoms with E-state index in [2.05, 4.69) is 9.97 Å². The van der Waals surface area contributed by atoms with Gasteiger partial charge in [-0.3, -0.25) is 4.79 Å². The van der Waals surface area contributed by atoms with Crippen molar-refractivity contribution in [3.05, 3.63) is 42.5 Å². The number of likely N-dealkylation sites (N-methyl/N-ethyl adjacent to an activating group) is 1. The highest BCUT2D eigenvalue weighted by molar-refractivity contribution is 5.98. The van der Waals surface area contributed by atoms with E-state index >= 15 is 0 Å². The number of hydrogen-bond acceptors (Lipinski definition) is 3. The highest BCUT2D eigenvalue weighted by Crippen LogP contribution is 2.35. The van der Waals surface area contributed by atoms with Crippen molar-refractivity contribution in [1.29, 1.82) is 0 Å². The lowest BCUT2D eigenvalue weighted by molar-refractivity contribution is -0.121. The van der Waals surface area contributed by atoms with Gasteiger partial charge in [-0.25, -0.2) is 4.98 Å². The molecule has 1 aromatic heterocycles. The Morgan fingerprint density at radius 1 is 1.27 bits per heavy atom. The molecule has 0 saturated carbocycles. The van der Waals surface area contributed by atoms with Crippen molar-refractivity contribution >= 4 is 22.6 Å². The molecule has 0 fully saturated rings. The van der Waals surface area contributed by atoms with Crippen LogP contribution in [0.1, 0.15) is 6.92 Å². The van der Waals surface area contributed by atoms with Gasteiger partial charge in [0.25, 0.3) is 5.91 Å². The maximum atomic E-state index is 12.0. The first kappa shape index (κ1) is 12.9. The van der Waals surface area contributed by atoms with Crippen LogP contribution >= 0.6 is 0 Å². The van der Waals surface area contributed by atoms with Crippen LogP contribution in [-0.4, -0.2) is 29.0 Å². The lowest BCUT2D eigenvalue weighted by Crippen LogP contribution is -2.38. The lowest BCUT2D eigenvalue weighted by atomic mass is 10.1. The summed E-state index contributed by atoms with van der Waals surface area (Å²) in [6.45, 7) is 2.68. The number of aromatic amines is 1. The molecule has 3 aromatic rings. The van der Waals surface area contributed by atoms with Crippen molar-refractivity contribution in [3.63, 3.8) is 0 Å². The SMILES string of the molecule is CCN1C(=O)COc2ccc(-c3nc4ccccc4[nH]3)cc21. The van der Waals surface area contributed by atoms with Crippen LogP contribution in [0.4, 0.5) is 5.69 Å². The van der Waals surface area contributed by atoms with Crippen molar-refractivity contribution in [1.82, 2.24) is 9.97 Å². The van der Waals surface area contributed by atoms with Crippen LogP contribution in [-0.2, 0) is 4.79 Å². The molecule has 0 atom stereocenters. The number of carbonyl (C=O) groups is 1. The molecule has 0 unspecified atom stereocenters. The molecule has 110 valence electrons. The number of amides is 1. The standard InChI is InChI=1S/C17H15N3O2/c1-2-20-14-9-11(7-8-15(14)22-10-16(20)21)17-18-12-5-3-4-6-13(12)19-17/h3-9H,2,10H2,1H3,(H,18,19). The van der Waals surface area contributed by atoms with E-state index < -0.39 is 0 Å². The van der Waals surface area contributed by atoms with Gasteiger partial charge >= 0.3 is 0 Å². The number of ether oxygens (including phenoxy) is 1. The number of hydrogen-bond donors (Lipinski definition) is 1. The van der Waals surface area contributed by atoms with E-state index in [-0.39, 0.29) is 12.5 Å². The van der Waals surface area contributed by atoms with Crippen LogP contribution in [0, 0.1) is 0 Å². The summed E-state index contributed by atoms with van der Waals surface area (Å²) >= 11 is 0. The smallest absolute Gasteiger partial charge is 0.265 e. The number of rotatable bonds is 2. The zero-order chi connectivity index (χ0) is 15.1. The van der Waals surface area contributed by atoms with E-state index in [1.165, 1.54) is 0 Å². The van der Waals surface area contributed by atoms with Gasteiger partial charge in [-0.1, -0.05) is 12.1 Å². The summed E-state index contributed by atoms with van der Waals surface area (Å²) in [4.78, 5) is 21.6. The first-order valence-corrected chi connectivity index (χ1v) is 7.28. The molecule has 2 aromatic carbocycles. The summed E-state index contributed by atoms with van der Waals surface area (Å²) in [6.07, 6.45) is 0. The predicted molar refractivity (Wildman–Crippen MR) is 85.1 cm³/mol. The fourth-order valence-electron chi connectivity index (χ4n) is 2.79. The zero-order valence-corrected chi connectivity index (χ0v) is 12.2. The molecule has 5 nitrogen and oxygen atoms in total. The van der Waals surface area contributed by atoms with Gasteiger partial charge in [0, 0.05) is 12.1 Å². The van der Waals surface area contributed by atoms with Crippen LogP contribution in [0.15, 0.2) is 42.5 Å². The number of nitrogens with one attached hydrogen (secondary N) is 1. The topological polar surface area (TPSA) is 58.2 Å². The Kier molecular flexibility index (Phi) is 2.85. The van der Waals surface area contributed by atoms with Crippen LogP contribution in [0.2, 0.25) is 0 Å². The summed E-state index contributed by atoms with van der Waals surface area (Å²) in [7, 11) is 0. The number of H-pyrrole nitrogens is 1. The fourth-order valence-corrected chi connectivity index (χ4v) is 2.79. The molecular weight excluding hydrogens is 278 g/mol. The Morgan fingerprint density at radius 2 is 2.14 bits per heavy atom. The lowest BCUT2D eigenvalue weighted by Gasteiger charge is -2.28. The van der Waals surface area contributed by atoms with Gasteiger partial charge in [-0.05, 0) is 37.3 Å².